The molecule has 1 aromatic rings. The van der Waals surface area contributed by atoms with E-state index in [-0.39, 0.29) is 6.09 Å². The molecule has 1 heterocycles. The van der Waals surface area contributed by atoms with Gasteiger partial charge in [-0.3, -0.25) is 4.98 Å². The molecule has 1 aromatic heterocycles. The third-order valence-electron chi connectivity index (χ3n) is 4.67. The van der Waals surface area contributed by atoms with Crippen molar-refractivity contribution in [3.05, 3.63) is 52.9 Å². The number of rotatable bonds is 10. The highest BCUT2D eigenvalue weighted by molar-refractivity contribution is 9.08. The number of alkyl halides is 1. The van der Waals surface area contributed by atoms with E-state index in [1.807, 2.05) is 50.6 Å². The Morgan fingerprint density at radius 3 is 2.35 bits per heavy atom. The van der Waals surface area contributed by atoms with Crippen molar-refractivity contribution in [2.45, 2.75) is 80.6 Å². The lowest BCUT2D eigenvalue weighted by Crippen LogP contribution is -2.34. The first kappa shape index (κ1) is 31.6. The molecule has 1 rings (SSSR count). The zero-order valence-electron chi connectivity index (χ0n) is 21.3. The zero-order chi connectivity index (χ0) is 24.2. The maximum Gasteiger partial charge on any atom is 0.410 e. The number of amides is 1. The molecule has 0 aliphatic carbocycles. The van der Waals surface area contributed by atoms with E-state index in [2.05, 4.69) is 61.8 Å². The number of ether oxygens (including phenoxy) is 1. The van der Waals surface area contributed by atoms with Crippen molar-refractivity contribution in [3.8, 4) is 0 Å². The third-order valence-corrected chi connectivity index (χ3v) is 4.67. The molecule has 0 saturated heterocycles. The number of allylic oxidation sites excluding steroid dienone is 2. The summed E-state index contributed by atoms with van der Waals surface area (Å²) >= 11 is 2.94. The van der Waals surface area contributed by atoms with E-state index in [1.165, 1.54) is 5.56 Å². The number of aromatic nitrogens is 1. The third kappa shape index (κ3) is 13.4. The van der Waals surface area contributed by atoms with E-state index in [1.54, 1.807) is 0 Å². The van der Waals surface area contributed by atoms with Crippen LogP contribution in [0.4, 0.5) is 4.79 Å². The second kappa shape index (κ2) is 20.3. The molecule has 0 saturated carbocycles. The number of nitrogens with zero attached hydrogens (tertiary/aromatic N) is 2. The average molecular weight is 498 g/mol. The highest BCUT2D eigenvalue weighted by Crippen LogP contribution is 2.19. The number of hydrogen-bond acceptors (Lipinski definition) is 3. The van der Waals surface area contributed by atoms with Crippen LogP contribution in [0.15, 0.2) is 35.9 Å². The summed E-state index contributed by atoms with van der Waals surface area (Å²) in [6.07, 6.45) is 8.53. The molecule has 0 aliphatic rings. The summed E-state index contributed by atoms with van der Waals surface area (Å²) in [5.41, 5.74) is 4.41. The Hall–Kier alpha value is -1.62. The fraction of sp³-hybridized carbons (Fsp3) is 0.615. The second-order valence-corrected chi connectivity index (χ2v) is 7.06. The van der Waals surface area contributed by atoms with Crippen molar-refractivity contribution < 1.29 is 9.53 Å². The van der Waals surface area contributed by atoms with Crippen LogP contribution in [0.3, 0.4) is 0 Å². The van der Waals surface area contributed by atoms with Gasteiger partial charge < -0.3 is 9.64 Å². The largest absolute Gasteiger partial charge is 0.445 e. The summed E-state index contributed by atoms with van der Waals surface area (Å²) in [4.78, 5) is 19.0. The predicted molar refractivity (Wildman–Crippen MR) is 139 cm³/mol. The predicted octanol–water partition coefficient (Wildman–Crippen LogP) is 7.99. The molecule has 178 valence electrons. The lowest BCUT2D eigenvalue weighted by atomic mass is 10.0. The van der Waals surface area contributed by atoms with Gasteiger partial charge in [-0.25, -0.2) is 4.79 Å². The van der Waals surface area contributed by atoms with Gasteiger partial charge in [-0.2, -0.15) is 0 Å². The van der Waals surface area contributed by atoms with Crippen molar-refractivity contribution in [3.63, 3.8) is 0 Å². The molecule has 0 spiro atoms. The van der Waals surface area contributed by atoms with E-state index in [0.717, 1.165) is 36.2 Å². The maximum atomic E-state index is 12.5. The highest BCUT2D eigenvalue weighted by Gasteiger charge is 2.17. The van der Waals surface area contributed by atoms with Gasteiger partial charge in [0.05, 0.1) is 0 Å². The molecule has 5 heteroatoms. The molecule has 0 bridgehead atoms. The average Bonchev–Trinajstić information content (AvgIpc) is 2.79. The van der Waals surface area contributed by atoms with Gasteiger partial charge in [0.1, 0.15) is 6.61 Å². The van der Waals surface area contributed by atoms with Crippen LogP contribution in [0.5, 0.6) is 0 Å². The van der Waals surface area contributed by atoms with Gasteiger partial charge in [-0.1, -0.05) is 74.8 Å². The number of aryl methyl sites for hydroxylation is 2. The molecule has 0 aliphatic heterocycles. The van der Waals surface area contributed by atoms with Crippen LogP contribution in [0.1, 0.15) is 83.7 Å². The van der Waals surface area contributed by atoms with Crippen LogP contribution in [-0.4, -0.2) is 41.5 Å². The number of carbonyl (C=O) groups excluding carboxylic acids is 1. The van der Waals surface area contributed by atoms with E-state index in [0.29, 0.717) is 25.6 Å². The Kier molecular flexibility index (Phi) is 20.7. The maximum absolute atomic E-state index is 12.5. The lowest BCUT2D eigenvalue weighted by Gasteiger charge is -2.23. The molecule has 4 nitrogen and oxygen atoms in total. The van der Waals surface area contributed by atoms with Crippen LogP contribution >= 0.6 is 15.9 Å². The van der Waals surface area contributed by atoms with Crippen LogP contribution in [0, 0.1) is 13.8 Å². The number of pyridine rings is 1. The van der Waals surface area contributed by atoms with E-state index >= 15 is 0 Å². The van der Waals surface area contributed by atoms with Crippen LogP contribution in [0.2, 0.25) is 0 Å². The summed E-state index contributed by atoms with van der Waals surface area (Å²) in [6.45, 7) is 18.1. The van der Waals surface area contributed by atoms with E-state index in [9.17, 15) is 4.79 Å². The minimum absolute atomic E-state index is 0.233. The van der Waals surface area contributed by atoms with Crippen LogP contribution in [-0.2, 0) is 4.74 Å². The zero-order valence-corrected chi connectivity index (χ0v) is 22.9. The van der Waals surface area contributed by atoms with Crippen LogP contribution < -0.4 is 0 Å². The first-order valence-electron chi connectivity index (χ1n) is 11.5. The molecule has 0 N–H and O–H groups in total. The Labute approximate surface area is 200 Å². The molecule has 1 amide bonds. The standard InChI is InChI=1S/C23H36N2O2.C2H6.CH3Br/c1-7-10-21(11-8-2)17-27-23(26)25(15-9-3)16-14-19(5)22-13-12-18(4)20(6)24-22;2*1-2/h7,10-13,19H,8-9,14-17H2,1-6H3;1-2H3;1H3/b10-7-,21-11+;;. The van der Waals surface area contributed by atoms with Gasteiger partial charge in [0.15, 0.2) is 0 Å². The smallest absolute Gasteiger partial charge is 0.410 e. The normalized spacial score (nSPS) is 11.7. The number of hydrogen-bond donors (Lipinski definition) is 0. The molecule has 1 atom stereocenters. The van der Waals surface area contributed by atoms with Gasteiger partial charge in [0.25, 0.3) is 0 Å². The van der Waals surface area contributed by atoms with Gasteiger partial charge >= 0.3 is 6.09 Å². The van der Waals surface area contributed by atoms with E-state index < -0.39 is 0 Å². The molecular weight excluding hydrogens is 452 g/mol. The van der Waals surface area contributed by atoms with Gasteiger partial charge in [-0.05, 0) is 63.1 Å². The van der Waals surface area contributed by atoms with Crippen molar-refractivity contribution in [2.24, 2.45) is 0 Å². The fourth-order valence-corrected chi connectivity index (χ4v) is 2.87. The summed E-state index contributed by atoms with van der Waals surface area (Å²) in [5.74, 6) is 2.11. The molecule has 0 aromatic carbocycles. The summed E-state index contributed by atoms with van der Waals surface area (Å²) in [7, 11) is 0. The molecular formula is C26H45BrN2O2. The monoisotopic (exact) mass is 496 g/mol. The minimum atomic E-state index is -0.233. The van der Waals surface area contributed by atoms with E-state index in [4.69, 9.17) is 9.72 Å². The second-order valence-electron chi connectivity index (χ2n) is 7.06. The quantitative estimate of drug-likeness (QED) is 0.243. The Morgan fingerprint density at radius 1 is 1.19 bits per heavy atom. The SMILES string of the molecule is C/C=C\C(=C/CC)COC(=O)N(CCC)CCC(C)c1ccc(C)c(C)n1.CBr.CC. The molecule has 0 radical (unpaired) electrons. The van der Waals surface area contributed by atoms with Crippen molar-refractivity contribution in [1.82, 2.24) is 9.88 Å². The Balaban J connectivity index is 0. The highest BCUT2D eigenvalue weighted by atomic mass is 79.9. The summed E-state index contributed by atoms with van der Waals surface area (Å²) < 4.78 is 5.55. The first-order chi connectivity index (χ1) is 14.9. The van der Waals surface area contributed by atoms with Crippen molar-refractivity contribution in [1.29, 1.82) is 0 Å². The van der Waals surface area contributed by atoms with Gasteiger partial charge in [0.2, 0.25) is 0 Å². The Morgan fingerprint density at radius 2 is 1.84 bits per heavy atom. The van der Waals surface area contributed by atoms with Crippen molar-refractivity contribution in [2.75, 3.05) is 25.5 Å². The van der Waals surface area contributed by atoms with Gasteiger partial charge in [-0.15, -0.1) is 0 Å². The lowest BCUT2D eigenvalue weighted by molar-refractivity contribution is 0.109. The van der Waals surface area contributed by atoms with Gasteiger partial charge in [0, 0.05) is 30.4 Å². The minimum Gasteiger partial charge on any atom is -0.445 e. The number of halogens is 1. The van der Waals surface area contributed by atoms with Crippen molar-refractivity contribution >= 4 is 22.0 Å². The first-order valence-corrected chi connectivity index (χ1v) is 13.1. The molecule has 31 heavy (non-hydrogen) atoms. The fourth-order valence-electron chi connectivity index (χ4n) is 2.87. The summed E-state index contributed by atoms with van der Waals surface area (Å²) in [6, 6.07) is 4.21. The summed E-state index contributed by atoms with van der Waals surface area (Å²) in [5, 5.41) is 0. The number of carbonyl (C=O) groups is 1. The molecule has 1 unspecified atom stereocenters. The Bertz CT molecular complexity index is 657. The van der Waals surface area contributed by atoms with Crippen LogP contribution in [0.25, 0.3) is 0 Å². The topological polar surface area (TPSA) is 42.4 Å². The molecule has 0 fully saturated rings.